The lowest BCUT2D eigenvalue weighted by Gasteiger charge is -2.04. The minimum absolute atomic E-state index is 0.156. The van der Waals surface area contributed by atoms with Gasteiger partial charge in [0.05, 0.1) is 0 Å². The first-order valence-corrected chi connectivity index (χ1v) is 4.35. The Bertz CT molecular complexity index is 305. The third-order valence-electron chi connectivity index (χ3n) is 1.82. The topological polar surface area (TPSA) is 12.0 Å². The molecule has 1 aromatic rings. The lowest BCUT2D eigenvalue weighted by Crippen LogP contribution is -1.98. The first-order valence-electron chi connectivity index (χ1n) is 4.35. The van der Waals surface area contributed by atoms with Crippen LogP contribution in [0, 0.1) is 12.7 Å². The van der Waals surface area contributed by atoms with Crippen LogP contribution in [0.2, 0.25) is 0 Å². The Labute approximate surface area is 78.3 Å². The fourth-order valence-electron chi connectivity index (χ4n) is 1.05. The van der Waals surface area contributed by atoms with Gasteiger partial charge < -0.3 is 5.32 Å². The van der Waals surface area contributed by atoms with Gasteiger partial charge in [0.25, 0.3) is 0 Å². The van der Waals surface area contributed by atoms with E-state index in [1.54, 1.807) is 19.1 Å². The molecular formula is C11H14FN. The van der Waals surface area contributed by atoms with Crippen LogP contribution in [0.1, 0.15) is 12.5 Å². The van der Waals surface area contributed by atoms with E-state index in [0.717, 1.165) is 12.2 Å². The largest absolute Gasteiger partial charge is 0.382 e. The molecule has 0 saturated carbocycles. The highest BCUT2D eigenvalue weighted by Crippen LogP contribution is 2.12. The molecule has 0 unspecified atom stereocenters. The molecule has 0 fully saturated rings. The van der Waals surface area contributed by atoms with Crippen LogP contribution in [0.3, 0.4) is 0 Å². The number of halogens is 1. The Balaban J connectivity index is 2.63. The molecule has 0 aliphatic heterocycles. The van der Waals surface area contributed by atoms with E-state index in [1.165, 1.54) is 6.07 Å². The molecule has 1 aromatic carbocycles. The van der Waals surface area contributed by atoms with Crippen LogP contribution in [0.25, 0.3) is 0 Å². The molecule has 0 saturated heterocycles. The van der Waals surface area contributed by atoms with E-state index in [4.69, 9.17) is 0 Å². The van der Waals surface area contributed by atoms with Crippen LogP contribution in [0.5, 0.6) is 0 Å². The predicted octanol–water partition coefficient (Wildman–Crippen LogP) is 3.12. The van der Waals surface area contributed by atoms with Gasteiger partial charge in [-0.3, -0.25) is 0 Å². The van der Waals surface area contributed by atoms with Crippen LogP contribution < -0.4 is 5.32 Å². The van der Waals surface area contributed by atoms with E-state index in [2.05, 4.69) is 5.32 Å². The van der Waals surface area contributed by atoms with Crippen LogP contribution in [-0.2, 0) is 0 Å². The fourth-order valence-corrected chi connectivity index (χ4v) is 1.05. The minimum Gasteiger partial charge on any atom is -0.382 e. The van der Waals surface area contributed by atoms with E-state index in [-0.39, 0.29) is 5.82 Å². The number of hydrogen-bond acceptors (Lipinski definition) is 1. The van der Waals surface area contributed by atoms with Crippen LogP contribution >= 0.6 is 0 Å². The van der Waals surface area contributed by atoms with Crippen molar-refractivity contribution in [3.05, 3.63) is 41.7 Å². The molecule has 0 radical (unpaired) electrons. The number of nitrogens with one attached hydrogen (secondary N) is 1. The van der Waals surface area contributed by atoms with Gasteiger partial charge in [-0.05, 0) is 37.6 Å². The summed E-state index contributed by atoms with van der Waals surface area (Å²) in [5, 5.41) is 3.16. The zero-order chi connectivity index (χ0) is 9.68. The maximum Gasteiger partial charge on any atom is 0.126 e. The van der Waals surface area contributed by atoms with Gasteiger partial charge in [0.15, 0.2) is 0 Å². The standard InChI is InChI=1S/C11H14FN/c1-3-4-7-13-10-5-6-11(12)9(2)8-10/h3-6,8,13H,7H2,1-2H3/b4-3+. The van der Waals surface area contributed by atoms with Gasteiger partial charge in [-0.2, -0.15) is 0 Å². The summed E-state index contributed by atoms with van der Waals surface area (Å²) in [5.41, 5.74) is 1.63. The maximum absolute atomic E-state index is 12.8. The summed E-state index contributed by atoms with van der Waals surface area (Å²) in [6, 6.07) is 5.03. The van der Waals surface area contributed by atoms with E-state index >= 15 is 0 Å². The number of aryl methyl sites for hydroxylation is 1. The maximum atomic E-state index is 12.8. The van der Waals surface area contributed by atoms with Gasteiger partial charge >= 0.3 is 0 Å². The smallest absolute Gasteiger partial charge is 0.126 e. The molecule has 0 aliphatic carbocycles. The van der Waals surface area contributed by atoms with Crippen molar-refractivity contribution >= 4 is 5.69 Å². The van der Waals surface area contributed by atoms with Crippen molar-refractivity contribution in [2.24, 2.45) is 0 Å². The molecule has 1 rings (SSSR count). The zero-order valence-corrected chi connectivity index (χ0v) is 7.97. The summed E-state index contributed by atoms with van der Waals surface area (Å²) in [4.78, 5) is 0. The second-order valence-corrected chi connectivity index (χ2v) is 2.91. The second kappa shape index (κ2) is 4.65. The van der Waals surface area contributed by atoms with Gasteiger partial charge in [0, 0.05) is 12.2 Å². The number of allylic oxidation sites excluding steroid dienone is 1. The second-order valence-electron chi connectivity index (χ2n) is 2.91. The van der Waals surface area contributed by atoms with Crippen LogP contribution in [-0.4, -0.2) is 6.54 Å². The Morgan fingerprint density at radius 3 is 2.85 bits per heavy atom. The molecule has 2 heteroatoms. The summed E-state index contributed by atoms with van der Waals surface area (Å²) < 4.78 is 12.8. The van der Waals surface area contributed by atoms with E-state index < -0.39 is 0 Å². The molecule has 0 aliphatic rings. The highest BCUT2D eigenvalue weighted by atomic mass is 19.1. The van der Waals surface area contributed by atoms with E-state index in [0.29, 0.717) is 5.56 Å². The third-order valence-corrected chi connectivity index (χ3v) is 1.82. The summed E-state index contributed by atoms with van der Waals surface area (Å²) >= 11 is 0. The number of hydrogen-bond donors (Lipinski definition) is 1. The van der Waals surface area contributed by atoms with Crippen molar-refractivity contribution in [1.82, 2.24) is 0 Å². The van der Waals surface area contributed by atoms with Crippen LogP contribution in [0.15, 0.2) is 30.4 Å². The van der Waals surface area contributed by atoms with Crippen molar-refractivity contribution in [1.29, 1.82) is 0 Å². The summed E-state index contributed by atoms with van der Waals surface area (Å²) in [6.07, 6.45) is 3.99. The summed E-state index contributed by atoms with van der Waals surface area (Å²) in [6.45, 7) is 4.51. The molecule has 0 amide bonds. The molecule has 70 valence electrons. The molecule has 0 atom stereocenters. The Hall–Kier alpha value is -1.31. The van der Waals surface area contributed by atoms with Crippen molar-refractivity contribution in [2.75, 3.05) is 11.9 Å². The van der Waals surface area contributed by atoms with Crippen molar-refractivity contribution in [3.63, 3.8) is 0 Å². The van der Waals surface area contributed by atoms with E-state index in [1.807, 2.05) is 19.1 Å². The lowest BCUT2D eigenvalue weighted by molar-refractivity contribution is 0.619. The molecule has 0 heterocycles. The summed E-state index contributed by atoms with van der Waals surface area (Å²) in [5.74, 6) is -0.156. The summed E-state index contributed by atoms with van der Waals surface area (Å²) in [7, 11) is 0. The molecule has 0 aromatic heterocycles. The highest BCUT2D eigenvalue weighted by molar-refractivity contribution is 5.46. The number of rotatable bonds is 3. The van der Waals surface area contributed by atoms with Crippen molar-refractivity contribution < 1.29 is 4.39 Å². The molecule has 0 spiro atoms. The van der Waals surface area contributed by atoms with Gasteiger partial charge in [-0.25, -0.2) is 4.39 Å². The monoisotopic (exact) mass is 179 g/mol. The van der Waals surface area contributed by atoms with Crippen LogP contribution in [0.4, 0.5) is 10.1 Å². The van der Waals surface area contributed by atoms with Gasteiger partial charge in [-0.1, -0.05) is 12.2 Å². The van der Waals surface area contributed by atoms with Gasteiger partial charge in [-0.15, -0.1) is 0 Å². The first kappa shape index (κ1) is 9.78. The Morgan fingerprint density at radius 2 is 2.23 bits per heavy atom. The minimum atomic E-state index is -0.156. The molecular weight excluding hydrogens is 165 g/mol. The first-order chi connectivity index (χ1) is 6.24. The molecule has 0 bridgehead atoms. The van der Waals surface area contributed by atoms with Gasteiger partial charge in [0.2, 0.25) is 0 Å². The third kappa shape index (κ3) is 2.90. The average molecular weight is 179 g/mol. The molecule has 13 heavy (non-hydrogen) atoms. The average Bonchev–Trinajstić information content (AvgIpc) is 2.12. The quantitative estimate of drug-likeness (QED) is 0.703. The Morgan fingerprint density at radius 1 is 1.46 bits per heavy atom. The van der Waals surface area contributed by atoms with E-state index in [9.17, 15) is 4.39 Å². The Kier molecular flexibility index (Phi) is 3.50. The highest BCUT2D eigenvalue weighted by Gasteiger charge is 1.96. The normalized spacial score (nSPS) is 10.7. The predicted molar refractivity (Wildman–Crippen MR) is 54.4 cm³/mol. The molecule has 1 nitrogen and oxygen atoms in total. The SMILES string of the molecule is C/C=C/CNc1ccc(F)c(C)c1. The number of anilines is 1. The zero-order valence-electron chi connectivity index (χ0n) is 7.97. The lowest BCUT2D eigenvalue weighted by atomic mass is 10.2. The van der Waals surface area contributed by atoms with Crippen molar-refractivity contribution in [3.8, 4) is 0 Å². The molecule has 1 N–H and O–H groups in total. The number of benzene rings is 1. The van der Waals surface area contributed by atoms with Crippen molar-refractivity contribution in [2.45, 2.75) is 13.8 Å². The fraction of sp³-hybridized carbons (Fsp3) is 0.273. The van der Waals surface area contributed by atoms with Gasteiger partial charge in [0.1, 0.15) is 5.82 Å².